The number of aliphatic hydroxyl groups excluding tert-OH is 1. The second-order valence-corrected chi connectivity index (χ2v) is 5.09. The summed E-state index contributed by atoms with van der Waals surface area (Å²) in [5.74, 6) is 0.142. The van der Waals surface area contributed by atoms with Crippen LogP contribution in [0.15, 0.2) is 0 Å². The number of unbranched alkanes of at least 4 members (excludes halogenated alkanes) is 2. The van der Waals surface area contributed by atoms with Crippen molar-refractivity contribution in [2.45, 2.75) is 51.4 Å². The van der Waals surface area contributed by atoms with Crippen molar-refractivity contribution in [1.82, 2.24) is 5.32 Å². The van der Waals surface area contributed by atoms with Crippen molar-refractivity contribution in [2.24, 2.45) is 11.1 Å². The summed E-state index contributed by atoms with van der Waals surface area (Å²) in [5, 5.41) is 11.7. The van der Waals surface area contributed by atoms with E-state index in [0.29, 0.717) is 13.1 Å². The molecule has 0 saturated heterocycles. The highest BCUT2D eigenvalue weighted by molar-refractivity contribution is 5.82. The molecule has 100 valence electrons. The molecule has 1 rings (SSSR count). The molecule has 17 heavy (non-hydrogen) atoms. The minimum atomic E-state index is -0.296. The molecule has 1 fully saturated rings. The van der Waals surface area contributed by atoms with E-state index in [1.165, 1.54) is 6.42 Å². The summed E-state index contributed by atoms with van der Waals surface area (Å²) in [4.78, 5) is 12.1. The van der Waals surface area contributed by atoms with Gasteiger partial charge in [0.2, 0.25) is 5.91 Å². The molecule has 0 unspecified atom stereocenters. The Morgan fingerprint density at radius 1 is 1.18 bits per heavy atom. The van der Waals surface area contributed by atoms with Crippen LogP contribution in [-0.2, 0) is 4.79 Å². The summed E-state index contributed by atoms with van der Waals surface area (Å²) >= 11 is 0. The smallest absolute Gasteiger partial charge is 0.227 e. The van der Waals surface area contributed by atoms with Crippen LogP contribution >= 0.6 is 0 Å². The number of nitrogens with one attached hydrogen (secondary N) is 1. The lowest BCUT2D eigenvalue weighted by Crippen LogP contribution is -2.47. The van der Waals surface area contributed by atoms with E-state index >= 15 is 0 Å². The predicted molar refractivity (Wildman–Crippen MR) is 68.5 cm³/mol. The van der Waals surface area contributed by atoms with Crippen LogP contribution in [0.4, 0.5) is 0 Å². The van der Waals surface area contributed by atoms with E-state index in [4.69, 9.17) is 10.8 Å². The molecule has 4 nitrogen and oxygen atoms in total. The molecular weight excluding hydrogens is 216 g/mol. The van der Waals surface area contributed by atoms with Crippen LogP contribution in [0, 0.1) is 5.41 Å². The molecule has 1 amide bonds. The van der Waals surface area contributed by atoms with Crippen molar-refractivity contribution in [2.75, 3.05) is 19.7 Å². The van der Waals surface area contributed by atoms with Gasteiger partial charge in [-0.1, -0.05) is 19.3 Å². The molecule has 0 aromatic rings. The number of amides is 1. The van der Waals surface area contributed by atoms with Crippen LogP contribution in [0.5, 0.6) is 0 Å². The van der Waals surface area contributed by atoms with Crippen LogP contribution in [0.2, 0.25) is 0 Å². The maximum absolute atomic E-state index is 12.1. The lowest BCUT2D eigenvalue weighted by atomic mass is 9.73. The van der Waals surface area contributed by atoms with E-state index < -0.39 is 0 Å². The fourth-order valence-corrected chi connectivity index (χ4v) is 2.56. The van der Waals surface area contributed by atoms with Crippen LogP contribution in [0.1, 0.15) is 51.4 Å². The minimum absolute atomic E-state index is 0.142. The Hall–Kier alpha value is -0.610. The van der Waals surface area contributed by atoms with Gasteiger partial charge in [0.15, 0.2) is 0 Å². The molecule has 1 saturated carbocycles. The summed E-state index contributed by atoms with van der Waals surface area (Å²) in [5.41, 5.74) is 5.50. The van der Waals surface area contributed by atoms with Crippen LogP contribution in [-0.4, -0.2) is 30.7 Å². The summed E-state index contributed by atoms with van der Waals surface area (Å²) in [6, 6.07) is 0. The van der Waals surface area contributed by atoms with Gasteiger partial charge in [0.1, 0.15) is 0 Å². The fourth-order valence-electron chi connectivity index (χ4n) is 2.56. The first-order valence-electron chi connectivity index (χ1n) is 6.84. The molecule has 0 aromatic carbocycles. The van der Waals surface area contributed by atoms with Gasteiger partial charge in [0.25, 0.3) is 0 Å². The summed E-state index contributed by atoms with van der Waals surface area (Å²) < 4.78 is 0. The number of carbonyl (C=O) groups excluding carboxylic acids is 1. The molecule has 1 aliphatic carbocycles. The molecular formula is C13H26N2O2. The first-order chi connectivity index (χ1) is 8.25. The van der Waals surface area contributed by atoms with Gasteiger partial charge in [0.05, 0.1) is 5.41 Å². The zero-order valence-electron chi connectivity index (χ0n) is 10.7. The maximum atomic E-state index is 12.1. The van der Waals surface area contributed by atoms with Crippen molar-refractivity contribution in [3.63, 3.8) is 0 Å². The van der Waals surface area contributed by atoms with E-state index in [-0.39, 0.29) is 17.9 Å². The van der Waals surface area contributed by atoms with Crippen molar-refractivity contribution in [3.05, 3.63) is 0 Å². The van der Waals surface area contributed by atoms with E-state index in [9.17, 15) is 4.79 Å². The van der Waals surface area contributed by atoms with E-state index in [2.05, 4.69) is 5.32 Å². The highest BCUT2D eigenvalue weighted by Gasteiger charge is 2.37. The van der Waals surface area contributed by atoms with Gasteiger partial charge in [0, 0.05) is 19.7 Å². The first-order valence-corrected chi connectivity index (χ1v) is 6.84. The summed E-state index contributed by atoms with van der Waals surface area (Å²) in [6.45, 7) is 1.41. The fraction of sp³-hybridized carbons (Fsp3) is 0.923. The van der Waals surface area contributed by atoms with Gasteiger partial charge in [-0.25, -0.2) is 0 Å². The van der Waals surface area contributed by atoms with Crippen molar-refractivity contribution < 1.29 is 9.90 Å². The van der Waals surface area contributed by atoms with Gasteiger partial charge >= 0.3 is 0 Å². The van der Waals surface area contributed by atoms with Gasteiger partial charge < -0.3 is 16.2 Å². The van der Waals surface area contributed by atoms with Gasteiger partial charge in [-0.3, -0.25) is 4.79 Å². The topological polar surface area (TPSA) is 75.4 Å². The standard InChI is InChI=1S/C13H26N2O2/c14-11-13(7-3-1-4-8-13)12(17)15-9-5-2-6-10-16/h16H,1-11,14H2,(H,15,17). The molecule has 4 heteroatoms. The average molecular weight is 242 g/mol. The first kappa shape index (κ1) is 14.5. The van der Waals surface area contributed by atoms with Crippen molar-refractivity contribution >= 4 is 5.91 Å². The molecule has 0 radical (unpaired) electrons. The average Bonchev–Trinajstić information content (AvgIpc) is 2.39. The maximum Gasteiger partial charge on any atom is 0.227 e. The molecule has 0 atom stereocenters. The van der Waals surface area contributed by atoms with Crippen LogP contribution in [0.25, 0.3) is 0 Å². The van der Waals surface area contributed by atoms with Gasteiger partial charge in [-0.15, -0.1) is 0 Å². The van der Waals surface area contributed by atoms with E-state index in [1.807, 2.05) is 0 Å². The van der Waals surface area contributed by atoms with Gasteiger partial charge in [-0.05, 0) is 32.1 Å². The van der Waals surface area contributed by atoms with Crippen molar-refractivity contribution in [3.8, 4) is 0 Å². The number of hydrogen-bond acceptors (Lipinski definition) is 3. The molecule has 0 heterocycles. The van der Waals surface area contributed by atoms with E-state index in [0.717, 1.165) is 44.9 Å². The lowest BCUT2D eigenvalue weighted by molar-refractivity contribution is -0.132. The Kier molecular flexibility index (Phi) is 6.52. The molecule has 0 bridgehead atoms. The molecule has 4 N–H and O–H groups in total. The zero-order chi connectivity index (χ0) is 12.6. The summed E-state index contributed by atoms with van der Waals surface area (Å²) in [6.07, 6.45) is 8.06. The second-order valence-electron chi connectivity index (χ2n) is 5.09. The third-order valence-electron chi connectivity index (χ3n) is 3.80. The normalized spacial score (nSPS) is 18.9. The highest BCUT2D eigenvalue weighted by atomic mass is 16.2. The monoisotopic (exact) mass is 242 g/mol. The third-order valence-corrected chi connectivity index (χ3v) is 3.80. The number of rotatable bonds is 7. The Balaban J connectivity index is 2.28. The van der Waals surface area contributed by atoms with Gasteiger partial charge in [-0.2, -0.15) is 0 Å². The SMILES string of the molecule is NCC1(C(=O)NCCCCCO)CCCCC1. The minimum Gasteiger partial charge on any atom is -0.396 e. The predicted octanol–water partition coefficient (Wildman–Crippen LogP) is 1.17. The van der Waals surface area contributed by atoms with E-state index in [1.54, 1.807) is 0 Å². The Morgan fingerprint density at radius 2 is 1.88 bits per heavy atom. The summed E-state index contributed by atoms with van der Waals surface area (Å²) in [7, 11) is 0. The zero-order valence-corrected chi connectivity index (χ0v) is 10.7. The Labute approximate surface area is 104 Å². The number of nitrogens with two attached hydrogens (primary N) is 1. The highest BCUT2D eigenvalue weighted by Crippen LogP contribution is 2.35. The second kappa shape index (κ2) is 7.67. The number of hydrogen-bond donors (Lipinski definition) is 3. The Bertz CT molecular complexity index is 225. The molecule has 0 aliphatic heterocycles. The van der Waals surface area contributed by atoms with Crippen LogP contribution in [0.3, 0.4) is 0 Å². The molecule has 0 aromatic heterocycles. The molecule has 0 spiro atoms. The third kappa shape index (κ3) is 4.28. The molecule has 1 aliphatic rings. The number of carbonyl (C=O) groups is 1. The largest absolute Gasteiger partial charge is 0.396 e. The number of aliphatic hydroxyl groups is 1. The Morgan fingerprint density at radius 3 is 2.47 bits per heavy atom. The quantitative estimate of drug-likeness (QED) is 0.587. The van der Waals surface area contributed by atoms with Crippen LogP contribution < -0.4 is 11.1 Å². The van der Waals surface area contributed by atoms with Crippen molar-refractivity contribution in [1.29, 1.82) is 0 Å². The lowest BCUT2D eigenvalue weighted by Gasteiger charge is -2.34.